The molecule has 2 amide bonds. The Hall–Kier alpha value is -3.34. The fourth-order valence-electron chi connectivity index (χ4n) is 3.75. The highest BCUT2D eigenvalue weighted by Gasteiger charge is 2.22. The third-order valence-electron chi connectivity index (χ3n) is 5.67. The second kappa shape index (κ2) is 12.6. The first-order chi connectivity index (χ1) is 16.0. The quantitative estimate of drug-likeness (QED) is 0.392. The maximum absolute atomic E-state index is 13.4. The summed E-state index contributed by atoms with van der Waals surface area (Å²) in [6.07, 6.45) is 2.89. The normalized spacial score (nSPS) is 10.7. The van der Waals surface area contributed by atoms with Gasteiger partial charge in [0.25, 0.3) is 0 Å². The Kier molecular flexibility index (Phi) is 9.31. The third-order valence-corrected chi connectivity index (χ3v) is 5.67. The van der Waals surface area contributed by atoms with Gasteiger partial charge in [-0.1, -0.05) is 74.0 Å². The molecular weight excluding hydrogens is 412 g/mol. The van der Waals surface area contributed by atoms with Crippen molar-refractivity contribution >= 4 is 11.8 Å². The summed E-state index contributed by atoms with van der Waals surface area (Å²) in [5.41, 5.74) is 2.14. The highest BCUT2D eigenvalue weighted by Crippen LogP contribution is 2.13. The fraction of sp³-hybridized carbons (Fsp3) is 0.357. The van der Waals surface area contributed by atoms with Crippen LogP contribution in [0.5, 0.6) is 0 Å². The molecule has 0 spiro atoms. The molecule has 1 aromatic heterocycles. The standard InChI is InChI=1S/C28H34N2O3/c1-3-4-18-29(27(31)20-25-13-9-6-10-14-25)22-28(32)30(21-26-16-15-23(2)33-26)19-17-24-11-7-5-8-12-24/h5-16H,3-4,17-22H2,1-2H3. The van der Waals surface area contributed by atoms with E-state index in [1.165, 1.54) is 5.56 Å². The van der Waals surface area contributed by atoms with E-state index < -0.39 is 0 Å². The van der Waals surface area contributed by atoms with Crippen molar-refractivity contribution in [2.45, 2.75) is 46.1 Å². The van der Waals surface area contributed by atoms with E-state index in [9.17, 15) is 9.59 Å². The Morgan fingerprint density at radius 2 is 1.45 bits per heavy atom. The predicted octanol–water partition coefficient (Wildman–Crippen LogP) is 5.03. The van der Waals surface area contributed by atoms with Gasteiger partial charge in [-0.15, -0.1) is 0 Å². The van der Waals surface area contributed by atoms with E-state index >= 15 is 0 Å². The largest absolute Gasteiger partial charge is 0.464 e. The van der Waals surface area contributed by atoms with Crippen molar-refractivity contribution in [1.29, 1.82) is 0 Å². The van der Waals surface area contributed by atoms with Gasteiger partial charge in [0.2, 0.25) is 11.8 Å². The van der Waals surface area contributed by atoms with Crippen LogP contribution in [0.25, 0.3) is 0 Å². The first-order valence-corrected chi connectivity index (χ1v) is 11.7. The molecule has 0 aliphatic rings. The molecule has 0 saturated heterocycles. The van der Waals surface area contributed by atoms with Gasteiger partial charge in [0.15, 0.2) is 0 Å². The Balaban J connectivity index is 1.70. The second-order valence-corrected chi connectivity index (χ2v) is 8.39. The summed E-state index contributed by atoms with van der Waals surface area (Å²) in [4.78, 5) is 30.0. The number of carbonyl (C=O) groups is 2. The minimum Gasteiger partial charge on any atom is -0.464 e. The van der Waals surface area contributed by atoms with Crippen LogP contribution in [0, 0.1) is 6.92 Å². The van der Waals surface area contributed by atoms with Gasteiger partial charge in [0.1, 0.15) is 11.5 Å². The first kappa shape index (κ1) is 24.3. The van der Waals surface area contributed by atoms with Crippen molar-refractivity contribution < 1.29 is 14.0 Å². The van der Waals surface area contributed by atoms with Crippen LogP contribution in [0.4, 0.5) is 0 Å². The van der Waals surface area contributed by atoms with Gasteiger partial charge >= 0.3 is 0 Å². The summed E-state index contributed by atoms with van der Waals surface area (Å²) < 4.78 is 5.74. The summed E-state index contributed by atoms with van der Waals surface area (Å²) in [6, 6.07) is 23.6. The predicted molar refractivity (Wildman–Crippen MR) is 131 cm³/mol. The van der Waals surface area contributed by atoms with E-state index in [2.05, 4.69) is 19.1 Å². The number of hydrogen-bond acceptors (Lipinski definition) is 3. The molecule has 0 fully saturated rings. The van der Waals surface area contributed by atoms with Crippen LogP contribution in [0.3, 0.4) is 0 Å². The Bertz CT molecular complexity index is 998. The van der Waals surface area contributed by atoms with E-state index in [-0.39, 0.29) is 18.4 Å². The van der Waals surface area contributed by atoms with Crippen LogP contribution in [0.1, 0.15) is 42.4 Å². The van der Waals surface area contributed by atoms with Crippen molar-refractivity contribution in [2.24, 2.45) is 0 Å². The Morgan fingerprint density at radius 1 is 0.788 bits per heavy atom. The summed E-state index contributed by atoms with van der Waals surface area (Å²) in [5, 5.41) is 0. The molecule has 3 aromatic rings. The highest BCUT2D eigenvalue weighted by molar-refractivity contribution is 5.86. The minimum atomic E-state index is -0.0579. The summed E-state index contributed by atoms with van der Waals surface area (Å²) in [5.74, 6) is 1.50. The summed E-state index contributed by atoms with van der Waals surface area (Å²) >= 11 is 0. The molecule has 0 bridgehead atoms. The van der Waals surface area contributed by atoms with Crippen LogP contribution in [-0.2, 0) is 29.0 Å². The SMILES string of the molecule is CCCCN(CC(=O)N(CCc1ccccc1)Cc1ccc(C)o1)C(=O)Cc1ccccc1. The molecule has 1 heterocycles. The monoisotopic (exact) mass is 446 g/mol. The first-order valence-electron chi connectivity index (χ1n) is 11.7. The van der Waals surface area contributed by atoms with Gasteiger partial charge in [-0.25, -0.2) is 0 Å². The molecule has 0 radical (unpaired) electrons. The number of rotatable bonds is 12. The van der Waals surface area contributed by atoms with Crippen molar-refractivity contribution in [3.8, 4) is 0 Å². The number of benzene rings is 2. The maximum atomic E-state index is 13.4. The molecule has 5 nitrogen and oxygen atoms in total. The van der Waals surface area contributed by atoms with E-state index in [1.54, 1.807) is 9.80 Å². The number of amides is 2. The van der Waals surface area contributed by atoms with E-state index in [4.69, 9.17) is 4.42 Å². The van der Waals surface area contributed by atoms with E-state index in [0.29, 0.717) is 26.1 Å². The lowest BCUT2D eigenvalue weighted by atomic mass is 10.1. The molecule has 0 aliphatic carbocycles. The number of carbonyl (C=O) groups excluding carboxylic acids is 2. The molecular formula is C28H34N2O3. The molecule has 5 heteroatoms. The molecule has 174 valence electrons. The van der Waals surface area contributed by atoms with Gasteiger partial charge in [-0.2, -0.15) is 0 Å². The zero-order valence-corrected chi connectivity index (χ0v) is 19.7. The Labute approximate surface area is 197 Å². The fourth-order valence-corrected chi connectivity index (χ4v) is 3.75. The lowest BCUT2D eigenvalue weighted by Gasteiger charge is -2.27. The van der Waals surface area contributed by atoms with Gasteiger partial charge < -0.3 is 14.2 Å². The molecule has 0 N–H and O–H groups in total. The van der Waals surface area contributed by atoms with Gasteiger partial charge in [0.05, 0.1) is 19.5 Å². The van der Waals surface area contributed by atoms with Gasteiger partial charge in [0, 0.05) is 13.1 Å². The average Bonchev–Trinajstić information content (AvgIpc) is 3.25. The number of unbranched alkanes of at least 4 members (excludes halogenated alkanes) is 1. The van der Waals surface area contributed by atoms with Crippen molar-refractivity contribution in [2.75, 3.05) is 19.6 Å². The molecule has 3 rings (SSSR count). The van der Waals surface area contributed by atoms with E-state index in [0.717, 1.165) is 36.3 Å². The van der Waals surface area contributed by atoms with E-state index in [1.807, 2.05) is 67.6 Å². The maximum Gasteiger partial charge on any atom is 0.242 e. The second-order valence-electron chi connectivity index (χ2n) is 8.39. The van der Waals surface area contributed by atoms with Crippen LogP contribution in [0.2, 0.25) is 0 Å². The van der Waals surface area contributed by atoms with Crippen molar-refractivity contribution in [3.05, 3.63) is 95.4 Å². The number of hydrogen-bond donors (Lipinski definition) is 0. The molecule has 0 aliphatic heterocycles. The number of furan rings is 1. The molecule has 33 heavy (non-hydrogen) atoms. The average molecular weight is 447 g/mol. The summed E-state index contributed by atoms with van der Waals surface area (Å²) in [6.45, 7) is 5.62. The van der Waals surface area contributed by atoms with Crippen LogP contribution in [0.15, 0.2) is 77.2 Å². The summed E-state index contributed by atoms with van der Waals surface area (Å²) in [7, 11) is 0. The molecule has 0 atom stereocenters. The third kappa shape index (κ3) is 7.94. The van der Waals surface area contributed by atoms with Crippen LogP contribution >= 0.6 is 0 Å². The zero-order valence-electron chi connectivity index (χ0n) is 19.7. The lowest BCUT2D eigenvalue weighted by Crippen LogP contribution is -2.44. The van der Waals surface area contributed by atoms with Crippen molar-refractivity contribution in [3.63, 3.8) is 0 Å². The molecule has 0 saturated carbocycles. The smallest absolute Gasteiger partial charge is 0.242 e. The number of nitrogens with zero attached hydrogens (tertiary/aromatic N) is 2. The topological polar surface area (TPSA) is 53.8 Å². The molecule has 0 unspecified atom stereocenters. The van der Waals surface area contributed by atoms with Crippen LogP contribution in [-0.4, -0.2) is 41.2 Å². The van der Waals surface area contributed by atoms with Gasteiger partial charge in [-0.3, -0.25) is 9.59 Å². The highest BCUT2D eigenvalue weighted by atomic mass is 16.3. The minimum absolute atomic E-state index is 0.0140. The van der Waals surface area contributed by atoms with Crippen LogP contribution < -0.4 is 0 Å². The van der Waals surface area contributed by atoms with Crippen molar-refractivity contribution in [1.82, 2.24) is 9.80 Å². The lowest BCUT2D eigenvalue weighted by molar-refractivity contribution is -0.140. The molecule has 2 aromatic carbocycles. The zero-order chi connectivity index (χ0) is 23.5. The van der Waals surface area contributed by atoms with Gasteiger partial charge in [-0.05, 0) is 43.0 Å². The number of aryl methyl sites for hydroxylation is 1. The Morgan fingerprint density at radius 3 is 2.06 bits per heavy atom.